The summed E-state index contributed by atoms with van der Waals surface area (Å²) in [6.07, 6.45) is 1.17. The SMILES string of the molecule is Cc1ccccc1[C@@H]1C2=C(C[C@@H](c3ccc(O)cc3)CC2=O)Nc2onc(C)c21. The number of carbonyl (C=O) groups excluding carboxylic acids is 1. The lowest BCUT2D eigenvalue weighted by Crippen LogP contribution is -2.29. The highest BCUT2D eigenvalue weighted by Gasteiger charge is 2.41. The van der Waals surface area contributed by atoms with Crippen LogP contribution in [0.3, 0.4) is 0 Å². The van der Waals surface area contributed by atoms with Crippen molar-refractivity contribution >= 4 is 11.7 Å². The third-order valence-electron chi connectivity index (χ3n) is 6.12. The number of aromatic nitrogens is 1. The van der Waals surface area contributed by atoms with Gasteiger partial charge in [-0.2, -0.15) is 0 Å². The Morgan fingerprint density at radius 1 is 1.07 bits per heavy atom. The zero-order valence-corrected chi connectivity index (χ0v) is 16.4. The van der Waals surface area contributed by atoms with E-state index < -0.39 is 0 Å². The number of fused-ring (bicyclic) bond motifs is 1. The molecular formula is C24H22N2O3. The first-order chi connectivity index (χ1) is 14.0. The molecule has 0 fully saturated rings. The van der Waals surface area contributed by atoms with Crippen LogP contribution in [0.2, 0.25) is 0 Å². The first kappa shape index (κ1) is 17.7. The molecule has 0 unspecified atom stereocenters. The number of aromatic hydroxyl groups is 1. The number of Topliss-reactive ketones (excluding diaryl/α,β-unsaturated/α-hetero) is 1. The molecule has 2 aromatic carbocycles. The number of anilines is 1. The number of carbonyl (C=O) groups is 1. The van der Waals surface area contributed by atoms with Crippen LogP contribution in [-0.4, -0.2) is 16.0 Å². The van der Waals surface area contributed by atoms with Crippen molar-refractivity contribution in [3.63, 3.8) is 0 Å². The third kappa shape index (κ3) is 2.85. The number of phenolic OH excluding ortho intramolecular Hbond substituents is 1. The number of ketones is 1. The van der Waals surface area contributed by atoms with Crippen molar-refractivity contribution in [1.29, 1.82) is 0 Å². The van der Waals surface area contributed by atoms with Crippen LogP contribution in [0, 0.1) is 13.8 Å². The van der Waals surface area contributed by atoms with Gasteiger partial charge in [0, 0.05) is 23.6 Å². The van der Waals surface area contributed by atoms with E-state index in [9.17, 15) is 9.90 Å². The van der Waals surface area contributed by atoms with Gasteiger partial charge in [0.15, 0.2) is 5.78 Å². The van der Waals surface area contributed by atoms with E-state index in [2.05, 4.69) is 29.5 Å². The summed E-state index contributed by atoms with van der Waals surface area (Å²) in [4.78, 5) is 13.4. The predicted octanol–water partition coefficient (Wildman–Crippen LogP) is 4.96. The number of hydrogen-bond acceptors (Lipinski definition) is 5. The molecule has 5 nitrogen and oxygen atoms in total. The number of nitrogens with zero attached hydrogens (tertiary/aromatic N) is 1. The largest absolute Gasteiger partial charge is 0.508 e. The molecule has 2 heterocycles. The van der Waals surface area contributed by atoms with E-state index in [1.54, 1.807) is 12.1 Å². The standard InChI is InChI=1S/C24H22N2O3/c1-13-5-3-4-6-18(13)22-21-14(2)26-29-24(21)25-19-11-16(12-20(28)23(19)22)15-7-9-17(27)10-8-15/h3-10,16,22,25,27H,11-12H2,1-2H3/t16-,22+/m1/s1. The highest BCUT2D eigenvalue weighted by molar-refractivity contribution is 6.01. The lowest BCUT2D eigenvalue weighted by Gasteiger charge is -2.35. The van der Waals surface area contributed by atoms with Gasteiger partial charge in [-0.25, -0.2) is 0 Å². The van der Waals surface area contributed by atoms with E-state index in [1.807, 2.05) is 31.2 Å². The maximum Gasteiger partial charge on any atom is 0.233 e. The average molecular weight is 386 g/mol. The fourth-order valence-electron chi connectivity index (χ4n) is 4.68. The van der Waals surface area contributed by atoms with E-state index in [1.165, 1.54) is 0 Å². The van der Waals surface area contributed by atoms with Gasteiger partial charge in [0.05, 0.1) is 11.3 Å². The zero-order chi connectivity index (χ0) is 20.1. The molecular weight excluding hydrogens is 364 g/mol. The summed E-state index contributed by atoms with van der Waals surface area (Å²) in [6.45, 7) is 4.00. The van der Waals surface area contributed by atoms with E-state index >= 15 is 0 Å². The minimum Gasteiger partial charge on any atom is -0.508 e. The topological polar surface area (TPSA) is 75.4 Å². The van der Waals surface area contributed by atoms with Gasteiger partial charge >= 0.3 is 0 Å². The van der Waals surface area contributed by atoms with Crippen LogP contribution in [-0.2, 0) is 4.79 Å². The van der Waals surface area contributed by atoms with Crippen LogP contribution in [0.4, 0.5) is 5.88 Å². The Morgan fingerprint density at radius 2 is 1.83 bits per heavy atom. The molecule has 29 heavy (non-hydrogen) atoms. The molecule has 1 aliphatic carbocycles. The van der Waals surface area contributed by atoms with Crippen molar-refractivity contribution in [2.75, 3.05) is 5.32 Å². The number of rotatable bonds is 2. The van der Waals surface area contributed by atoms with Crippen LogP contribution in [0.25, 0.3) is 0 Å². The van der Waals surface area contributed by atoms with Gasteiger partial charge in [0.1, 0.15) is 5.75 Å². The number of aryl methyl sites for hydroxylation is 2. The molecule has 0 radical (unpaired) electrons. The van der Waals surface area contributed by atoms with E-state index in [0.717, 1.165) is 39.2 Å². The number of allylic oxidation sites excluding steroid dienone is 2. The summed E-state index contributed by atoms with van der Waals surface area (Å²) in [5.41, 5.74) is 6.81. The Hall–Kier alpha value is -3.34. The molecule has 0 spiro atoms. The average Bonchev–Trinajstić information content (AvgIpc) is 3.08. The molecule has 2 atom stereocenters. The number of nitrogens with one attached hydrogen (secondary N) is 1. The molecule has 5 heteroatoms. The highest BCUT2D eigenvalue weighted by atomic mass is 16.5. The summed E-state index contributed by atoms with van der Waals surface area (Å²) < 4.78 is 5.58. The molecule has 5 rings (SSSR count). The molecule has 2 N–H and O–H groups in total. The van der Waals surface area contributed by atoms with Crippen molar-refractivity contribution in [2.45, 2.75) is 38.5 Å². The van der Waals surface area contributed by atoms with Gasteiger partial charge < -0.3 is 14.9 Å². The van der Waals surface area contributed by atoms with Crippen LogP contribution < -0.4 is 5.32 Å². The highest BCUT2D eigenvalue weighted by Crippen LogP contribution is 2.49. The number of hydrogen-bond donors (Lipinski definition) is 2. The summed E-state index contributed by atoms with van der Waals surface area (Å²) >= 11 is 0. The lowest BCUT2D eigenvalue weighted by atomic mass is 9.72. The normalized spacial score (nSPS) is 20.8. The van der Waals surface area contributed by atoms with E-state index in [0.29, 0.717) is 18.7 Å². The maximum atomic E-state index is 13.4. The second-order valence-electron chi connectivity index (χ2n) is 7.94. The van der Waals surface area contributed by atoms with Gasteiger partial charge in [0.2, 0.25) is 5.88 Å². The third-order valence-corrected chi connectivity index (χ3v) is 6.12. The second kappa shape index (κ2) is 6.62. The number of benzene rings is 2. The number of phenols is 1. The Morgan fingerprint density at radius 3 is 2.59 bits per heavy atom. The Balaban J connectivity index is 1.63. The molecule has 0 amide bonds. The Kier molecular flexibility index (Phi) is 4.05. The summed E-state index contributed by atoms with van der Waals surface area (Å²) in [5, 5.41) is 17.1. The van der Waals surface area contributed by atoms with Crippen LogP contribution in [0.5, 0.6) is 5.75 Å². The van der Waals surface area contributed by atoms with E-state index in [4.69, 9.17) is 4.52 Å². The Labute approximate surface area is 169 Å². The molecule has 2 aliphatic rings. The molecule has 1 aromatic heterocycles. The van der Waals surface area contributed by atoms with Crippen LogP contribution >= 0.6 is 0 Å². The first-order valence-corrected chi connectivity index (χ1v) is 9.87. The fourth-order valence-corrected chi connectivity index (χ4v) is 4.68. The van der Waals surface area contributed by atoms with Gasteiger partial charge in [-0.3, -0.25) is 4.79 Å². The van der Waals surface area contributed by atoms with Gasteiger partial charge in [-0.05, 0) is 55.0 Å². The monoisotopic (exact) mass is 386 g/mol. The minimum atomic E-state index is -0.165. The van der Waals surface area contributed by atoms with Crippen LogP contribution in [0.1, 0.15) is 52.6 Å². The fraction of sp³-hybridized carbons (Fsp3) is 0.250. The van der Waals surface area contributed by atoms with Crippen molar-refractivity contribution < 1.29 is 14.4 Å². The van der Waals surface area contributed by atoms with Gasteiger partial charge in [-0.1, -0.05) is 41.6 Å². The smallest absolute Gasteiger partial charge is 0.233 e. The second-order valence-corrected chi connectivity index (χ2v) is 7.94. The molecule has 0 saturated carbocycles. The molecule has 0 saturated heterocycles. The molecule has 1 aliphatic heterocycles. The van der Waals surface area contributed by atoms with Crippen molar-refractivity contribution in [3.05, 3.63) is 87.7 Å². The zero-order valence-electron chi connectivity index (χ0n) is 16.4. The summed E-state index contributed by atoms with van der Waals surface area (Å²) in [6, 6.07) is 15.3. The first-order valence-electron chi connectivity index (χ1n) is 9.87. The molecule has 146 valence electrons. The molecule has 0 bridgehead atoms. The van der Waals surface area contributed by atoms with Crippen molar-refractivity contribution in [2.24, 2.45) is 0 Å². The Bertz CT molecular complexity index is 1140. The quantitative estimate of drug-likeness (QED) is 0.651. The van der Waals surface area contributed by atoms with Gasteiger partial charge in [0.25, 0.3) is 0 Å². The maximum absolute atomic E-state index is 13.4. The summed E-state index contributed by atoms with van der Waals surface area (Å²) in [7, 11) is 0. The summed E-state index contributed by atoms with van der Waals surface area (Å²) in [5.74, 6) is 0.914. The van der Waals surface area contributed by atoms with Crippen molar-refractivity contribution in [1.82, 2.24) is 5.16 Å². The van der Waals surface area contributed by atoms with Gasteiger partial charge in [-0.15, -0.1) is 0 Å². The van der Waals surface area contributed by atoms with E-state index in [-0.39, 0.29) is 23.4 Å². The lowest BCUT2D eigenvalue weighted by molar-refractivity contribution is -0.116. The van der Waals surface area contributed by atoms with Crippen LogP contribution in [0.15, 0.2) is 64.3 Å². The predicted molar refractivity (Wildman–Crippen MR) is 110 cm³/mol. The molecule has 3 aromatic rings. The minimum absolute atomic E-state index is 0.0671. The van der Waals surface area contributed by atoms with Crippen molar-refractivity contribution in [3.8, 4) is 5.75 Å².